The van der Waals surface area contributed by atoms with Crippen molar-refractivity contribution in [3.8, 4) is 0 Å². The molecule has 0 heterocycles. The molecule has 7 saturated carbocycles. The lowest BCUT2D eigenvalue weighted by Gasteiger charge is -2.39. The van der Waals surface area contributed by atoms with E-state index >= 15 is 0 Å². The fraction of sp³-hybridized carbons (Fsp3) is 0.935. The Morgan fingerprint density at radius 3 is 2.15 bits per heavy atom. The molecule has 7 fully saturated rings. The summed E-state index contributed by atoms with van der Waals surface area (Å²) in [5, 5.41) is 0. The third-order valence-corrected chi connectivity index (χ3v) is 20.7. The molecule has 0 spiro atoms. The third-order valence-electron chi connectivity index (χ3n) is 13.9. The van der Waals surface area contributed by atoms with Crippen LogP contribution in [-0.2, 0) is 4.12 Å². The molecule has 15 atom stereocenters. The zero-order chi connectivity index (χ0) is 22.8. The van der Waals surface area contributed by atoms with Crippen molar-refractivity contribution in [3.63, 3.8) is 0 Å². The number of rotatable bonds is 8. The Hall–Kier alpha value is 0.134. The Kier molecular flexibility index (Phi) is 5.10. The summed E-state index contributed by atoms with van der Waals surface area (Å²) in [5.74, 6) is 15.4. The van der Waals surface area contributed by atoms with Crippen molar-refractivity contribution < 1.29 is 4.12 Å². The minimum absolute atomic E-state index is 0.977. The van der Waals surface area contributed by atoms with Crippen molar-refractivity contribution in [2.24, 2.45) is 82.9 Å². The van der Waals surface area contributed by atoms with Crippen LogP contribution in [0.2, 0.25) is 31.7 Å². The van der Waals surface area contributed by atoms with Gasteiger partial charge in [-0.2, -0.15) is 0 Å². The second-order valence-electron chi connectivity index (χ2n) is 15.7. The number of hydrogen-bond donors (Lipinski definition) is 0. The van der Waals surface area contributed by atoms with Gasteiger partial charge in [0.15, 0.2) is 17.4 Å². The van der Waals surface area contributed by atoms with Gasteiger partial charge in [0.25, 0.3) is 0 Å². The largest absolute Gasteiger partial charge is 0.458 e. The Bertz CT molecular complexity index is 852. The molecular formula is C31H50OSi2. The zero-order valence-corrected chi connectivity index (χ0v) is 24.4. The molecule has 8 bridgehead atoms. The molecule has 0 N–H and O–H groups in total. The van der Waals surface area contributed by atoms with E-state index in [-0.39, 0.29) is 0 Å². The van der Waals surface area contributed by atoms with E-state index in [1.165, 1.54) is 43.2 Å². The molecule has 8 rings (SSSR count). The van der Waals surface area contributed by atoms with Gasteiger partial charge in [-0.15, -0.1) is 0 Å². The molecule has 0 aromatic rings. The smallest absolute Gasteiger partial charge is 0.173 e. The molecule has 188 valence electrons. The van der Waals surface area contributed by atoms with Gasteiger partial charge in [-0.05, 0) is 166 Å². The van der Waals surface area contributed by atoms with Crippen molar-refractivity contribution in [2.75, 3.05) is 0 Å². The SMILES string of the molecule is C[SiH](CCC1CC2CC1C1C3C=CC(C3)C21)O[Si](C)(C)CCC1CC2CC1C1C3CCC(C3)C21. The Morgan fingerprint density at radius 1 is 0.706 bits per heavy atom. The fourth-order valence-corrected chi connectivity index (χ4v) is 20.4. The molecule has 0 radical (unpaired) electrons. The van der Waals surface area contributed by atoms with E-state index in [0.717, 1.165) is 71.0 Å². The second kappa shape index (κ2) is 7.82. The average molecular weight is 495 g/mol. The van der Waals surface area contributed by atoms with Gasteiger partial charge in [0, 0.05) is 0 Å². The maximum Gasteiger partial charge on any atom is 0.173 e. The summed E-state index contributed by atoms with van der Waals surface area (Å²) in [7, 11) is -2.49. The molecule has 0 aromatic heterocycles. The van der Waals surface area contributed by atoms with Gasteiger partial charge < -0.3 is 4.12 Å². The molecule has 15 unspecified atom stereocenters. The third kappa shape index (κ3) is 3.23. The van der Waals surface area contributed by atoms with Crippen LogP contribution < -0.4 is 0 Å². The average Bonchev–Trinajstić information content (AvgIpc) is 3.65. The van der Waals surface area contributed by atoms with Gasteiger partial charge in [-0.25, -0.2) is 0 Å². The maximum atomic E-state index is 7.06. The molecule has 0 amide bonds. The lowest BCUT2D eigenvalue weighted by molar-refractivity contribution is 0.103. The quantitative estimate of drug-likeness (QED) is 0.190. The fourth-order valence-electron chi connectivity index (χ4n) is 13.2. The first-order chi connectivity index (χ1) is 16.4. The first kappa shape index (κ1) is 22.1. The number of hydrogen-bond acceptors (Lipinski definition) is 1. The van der Waals surface area contributed by atoms with E-state index in [9.17, 15) is 0 Å². The highest BCUT2D eigenvalue weighted by Crippen LogP contribution is 2.70. The van der Waals surface area contributed by atoms with E-state index in [1.807, 2.05) is 0 Å². The van der Waals surface area contributed by atoms with Gasteiger partial charge in [0.05, 0.1) is 0 Å². The van der Waals surface area contributed by atoms with Crippen molar-refractivity contribution in [3.05, 3.63) is 12.2 Å². The van der Waals surface area contributed by atoms with Crippen LogP contribution in [0.15, 0.2) is 12.2 Å². The summed E-state index contributed by atoms with van der Waals surface area (Å²) in [6.45, 7) is 7.71. The zero-order valence-electron chi connectivity index (χ0n) is 22.2. The van der Waals surface area contributed by atoms with E-state index in [0.29, 0.717) is 0 Å². The molecule has 0 aliphatic heterocycles. The Morgan fingerprint density at radius 2 is 1.35 bits per heavy atom. The summed E-state index contributed by atoms with van der Waals surface area (Å²) >= 11 is 0. The lowest BCUT2D eigenvalue weighted by Crippen LogP contribution is -2.38. The van der Waals surface area contributed by atoms with Crippen molar-refractivity contribution in [1.29, 1.82) is 0 Å². The molecule has 3 heteroatoms. The van der Waals surface area contributed by atoms with Gasteiger partial charge >= 0.3 is 0 Å². The van der Waals surface area contributed by atoms with E-state index in [2.05, 4.69) is 31.8 Å². The summed E-state index contributed by atoms with van der Waals surface area (Å²) in [5.41, 5.74) is 0. The summed E-state index contributed by atoms with van der Waals surface area (Å²) in [6, 6.07) is 2.92. The summed E-state index contributed by atoms with van der Waals surface area (Å²) in [6.07, 6.45) is 21.0. The molecule has 8 aliphatic rings. The van der Waals surface area contributed by atoms with Gasteiger partial charge in [0.2, 0.25) is 0 Å². The predicted molar refractivity (Wildman–Crippen MR) is 145 cm³/mol. The van der Waals surface area contributed by atoms with Crippen LogP contribution in [0.4, 0.5) is 0 Å². The van der Waals surface area contributed by atoms with Crippen LogP contribution in [0.3, 0.4) is 0 Å². The first-order valence-corrected chi connectivity index (χ1v) is 21.4. The topological polar surface area (TPSA) is 9.23 Å². The van der Waals surface area contributed by atoms with Crippen molar-refractivity contribution in [1.82, 2.24) is 0 Å². The van der Waals surface area contributed by atoms with Crippen LogP contribution in [-0.4, -0.2) is 17.4 Å². The normalized spacial score (nSPS) is 56.1. The molecule has 1 nitrogen and oxygen atoms in total. The van der Waals surface area contributed by atoms with Crippen LogP contribution in [0.1, 0.15) is 64.2 Å². The maximum absolute atomic E-state index is 7.06. The standard InChI is InChI=1S/C31H50OSi2/c1-33(10-8-18-12-24-16-26(18)30-22-6-4-20(14-22)28(24)30)32-34(2,3)11-9-19-13-25-17-27(19)31-23-7-5-21(15-23)29(25)31/h4,6,18-31,33H,5,7-17H2,1-3H3. The molecular weight excluding hydrogens is 445 g/mol. The summed E-state index contributed by atoms with van der Waals surface area (Å²) in [4.78, 5) is 0. The van der Waals surface area contributed by atoms with E-state index in [4.69, 9.17) is 4.12 Å². The summed E-state index contributed by atoms with van der Waals surface area (Å²) < 4.78 is 7.06. The highest BCUT2D eigenvalue weighted by Gasteiger charge is 2.62. The molecule has 0 saturated heterocycles. The Balaban J connectivity index is 0.820. The van der Waals surface area contributed by atoms with Gasteiger partial charge in [-0.3, -0.25) is 0 Å². The highest BCUT2D eigenvalue weighted by molar-refractivity contribution is 6.78. The number of fused-ring (bicyclic) bond motifs is 18. The Labute approximate surface area is 212 Å². The second-order valence-corrected chi connectivity index (χ2v) is 22.9. The van der Waals surface area contributed by atoms with Crippen LogP contribution in [0.25, 0.3) is 0 Å². The molecule has 8 aliphatic carbocycles. The van der Waals surface area contributed by atoms with Crippen molar-refractivity contribution in [2.45, 2.75) is 95.9 Å². The van der Waals surface area contributed by atoms with Crippen molar-refractivity contribution >= 4 is 17.4 Å². The highest BCUT2D eigenvalue weighted by atomic mass is 28.4. The predicted octanol–water partition coefficient (Wildman–Crippen LogP) is 7.75. The molecule has 0 aromatic carbocycles. The minimum Gasteiger partial charge on any atom is -0.458 e. The molecule has 34 heavy (non-hydrogen) atoms. The van der Waals surface area contributed by atoms with Gasteiger partial charge in [0.1, 0.15) is 0 Å². The van der Waals surface area contributed by atoms with E-state index in [1.54, 1.807) is 44.9 Å². The van der Waals surface area contributed by atoms with Gasteiger partial charge in [-0.1, -0.05) is 25.0 Å². The van der Waals surface area contributed by atoms with E-state index < -0.39 is 17.4 Å². The number of allylic oxidation sites excluding steroid dienone is 2. The van der Waals surface area contributed by atoms with Crippen LogP contribution >= 0.6 is 0 Å². The van der Waals surface area contributed by atoms with Crippen LogP contribution in [0, 0.1) is 82.9 Å². The first-order valence-electron chi connectivity index (χ1n) is 15.8. The monoisotopic (exact) mass is 494 g/mol. The lowest BCUT2D eigenvalue weighted by atomic mass is 9.67. The van der Waals surface area contributed by atoms with Crippen LogP contribution in [0.5, 0.6) is 0 Å². The minimum atomic E-state index is -1.48.